The molecule has 0 spiro atoms. The molecule has 1 fully saturated rings. The van der Waals surface area contributed by atoms with Crippen molar-refractivity contribution >= 4 is 27.5 Å². The molecule has 1 aliphatic rings. The number of aliphatic hydroxyl groups is 2. The van der Waals surface area contributed by atoms with Crippen LogP contribution < -0.4 is 5.32 Å². The fourth-order valence-corrected chi connectivity index (χ4v) is 3.81. The lowest BCUT2D eigenvalue weighted by molar-refractivity contribution is -0.136. The van der Waals surface area contributed by atoms with Crippen LogP contribution in [0.25, 0.3) is 10.2 Å². The SMILES string of the molecule is O=C(NC1CCCCC1)C(O)C(O)c1nc2ccccc2s1. The number of para-hydroxylation sites is 1. The van der Waals surface area contributed by atoms with Crippen molar-refractivity contribution in [3.05, 3.63) is 29.3 Å². The van der Waals surface area contributed by atoms with E-state index in [1.54, 1.807) is 0 Å². The molecule has 2 unspecified atom stereocenters. The van der Waals surface area contributed by atoms with Crippen LogP contribution in [0.5, 0.6) is 0 Å². The third kappa shape index (κ3) is 3.29. The Labute approximate surface area is 133 Å². The molecule has 6 heteroatoms. The smallest absolute Gasteiger partial charge is 0.252 e. The number of benzene rings is 1. The number of aromatic nitrogens is 1. The number of nitrogens with one attached hydrogen (secondary N) is 1. The predicted octanol–water partition coefficient (Wildman–Crippen LogP) is 2.14. The molecule has 0 bridgehead atoms. The van der Waals surface area contributed by atoms with Gasteiger partial charge in [0.15, 0.2) is 6.10 Å². The Morgan fingerprint density at radius 3 is 2.68 bits per heavy atom. The van der Waals surface area contributed by atoms with Crippen LogP contribution >= 0.6 is 11.3 Å². The highest BCUT2D eigenvalue weighted by molar-refractivity contribution is 7.18. The molecule has 1 aromatic heterocycles. The molecule has 22 heavy (non-hydrogen) atoms. The molecule has 0 saturated heterocycles. The maximum atomic E-state index is 12.1. The topological polar surface area (TPSA) is 82.5 Å². The third-order valence-electron chi connectivity index (χ3n) is 4.08. The summed E-state index contributed by atoms with van der Waals surface area (Å²) in [5, 5.41) is 23.5. The van der Waals surface area contributed by atoms with E-state index in [0.29, 0.717) is 5.01 Å². The molecule has 1 aromatic carbocycles. The third-order valence-corrected chi connectivity index (χ3v) is 5.19. The van der Waals surface area contributed by atoms with Crippen LogP contribution in [-0.2, 0) is 4.79 Å². The van der Waals surface area contributed by atoms with Crippen molar-refractivity contribution in [3.63, 3.8) is 0 Å². The van der Waals surface area contributed by atoms with E-state index in [9.17, 15) is 15.0 Å². The Morgan fingerprint density at radius 2 is 1.95 bits per heavy atom. The molecule has 0 radical (unpaired) electrons. The van der Waals surface area contributed by atoms with Crippen molar-refractivity contribution in [2.45, 2.75) is 50.4 Å². The number of hydrogen-bond acceptors (Lipinski definition) is 5. The largest absolute Gasteiger partial charge is 0.383 e. The maximum absolute atomic E-state index is 12.1. The van der Waals surface area contributed by atoms with Gasteiger partial charge >= 0.3 is 0 Å². The standard InChI is InChI=1S/C16H20N2O3S/c19-13(15(21)17-10-6-2-1-3-7-10)14(20)16-18-11-8-4-5-9-12(11)22-16/h4-5,8-10,13-14,19-20H,1-3,6-7H2,(H,17,21). The molecule has 118 valence electrons. The first kappa shape index (κ1) is 15.4. The number of fused-ring (bicyclic) bond motifs is 1. The number of rotatable bonds is 4. The molecule has 0 aliphatic heterocycles. The number of hydrogen-bond donors (Lipinski definition) is 3. The van der Waals surface area contributed by atoms with Gasteiger partial charge < -0.3 is 15.5 Å². The minimum atomic E-state index is -1.48. The Morgan fingerprint density at radius 1 is 1.23 bits per heavy atom. The van der Waals surface area contributed by atoms with E-state index in [2.05, 4.69) is 10.3 Å². The van der Waals surface area contributed by atoms with E-state index >= 15 is 0 Å². The van der Waals surface area contributed by atoms with Crippen molar-refractivity contribution in [3.8, 4) is 0 Å². The lowest BCUT2D eigenvalue weighted by Crippen LogP contribution is -2.44. The van der Waals surface area contributed by atoms with Crippen molar-refractivity contribution in [2.24, 2.45) is 0 Å². The van der Waals surface area contributed by atoms with E-state index in [1.807, 2.05) is 24.3 Å². The summed E-state index contributed by atoms with van der Waals surface area (Å²) in [5.41, 5.74) is 0.765. The predicted molar refractivity (Wildman–Crippen MR) is 85.6 cm³/mol. The second kappa shape index (κ2) is 6.73. The quantitative estimate of drug-likeness (QED) is 0.806. The summed E-state index contributed by atoms with van der Waals surface area (Å²) in [5.74, 6) is -0.515. The van der Waals surface area contributed by atoms with E-state index in [-0.39, 0.29) is 6.04 Å². The highest BCUT2D eigenvalue weighted by Crippen LogP contribution is 2.28. The molecular weight excluding hydrogens is 300 g/mol. The molecule has 1 amide bonds. The molecule has 1 saturated carbocycles. The monoisotopic (exact) mass is 320 g/mol. The Hall–Kier alpha value is -1.50. The molecule has 3 rings (SSSR count). The maximum Gasteiger partial charge on any atom is 0.252 e. The van der Waals surface area contributed by atoms with E-state index in [1.165, 1.54) is 17.8 Å². The first-order valence-electron chi connectivity index (χ1n) is 7.67. The van der Waals surface area contributed by atoms with Gasteiger partial charge in [-0.05, 0) is 25.0 Å². The van der Waals surface area contributed by atoms with Gasteiger partial charge in [0.25, 0.3) is 5.91 Å². The fourth-order valence-electron chi connectivity index (χ4n) is 2.83. The van der Waals surface area contributed by atoms with Gasteiger partial charge in [0.2, 0.25) is 0 Å². The second-order valence-electron chi connectivity index (χ2n) is 5.75. The van der Waals surface area contributed by atoms with Crippen LogP contribution in [0.3, 0.4) is 0 Å². The molecule has 2 atom stereocenters. The first-order valence-corrected chi connectivity index (χ1v) is 8.49. The summed E-state index contributed by atoms with van der Waals surface area (Å²) >= 11 is 1.30. The summed E-state index contributed by atoms with van der Waals surface area (Å²) < 4.78 is 0.927. The van der Waals surface area contributed by atoms with E-state index < -0.39 is 18.1 Å². The zero-order chi connectivity index (χ0) is 15.5. The zero-order valence-electron chi connectivity index (χ0n) is 12.2. The van der Waals surface area contributed by atoms with E-state index in [4.69, 9.17) is 0 Å². The molecular formula is C16H20N2O3S. The van der Waals surface area contributed by atoms with Crippen molar-refractivity contribution < 1.29 is 15.0 Å². The normalized spacial score (nSPS) is 19.0. The van der Waals surface area contributed by atoms with Crippen molar-refractivity contribution in [1.82, 2.24) is 10.3 Å². The number of amides is 1. The van der Waals surface area contributed by atoms with Crippen LogP contribution in [0, 0.1) is 0 Å². The average molecular weight is 320 g/mol. The molecule has 1 heterocycles. The van der Waals surface area contributed by atoms with Crippen molar-refractivity contribution in [1.29, 1.82) is 0 Å². The minimum Gasteiger partial charge on any atom is -0.383 e. The van der Waals surface area contributed by atoms with Gasteiger partial charge in [0.1, 0.15) is 11.1 Å². The first-order chi connectivity index (χ1) is 10.6. The fraction of sp³-hybridized carbons (Fsp3) is 0.500. The van der Waals surface area contributed by atoms with Crippen LogP contribution in [0.1, 0.15) is 43.2 Å². The zero-order valence-corrected chi connectivity index (χ0v) is 13.1. The lowest BCUT2D eigenvalue weighted by Gasteiger charge is -2.25. The number of nitrogens with zero attached hydrogens (tertiary/aromatic N) is 1. The second-order valence-corrected chi connectivity index (χ2v) is 6.82. The summed E-state index contributed by atoms with van der Waals surface area (Å²) in [6.07, 6.45) is 2.50. The average Bonchev–Trinajstić information content (AvgIpc) is 2.98. The number of aliphatic hydroxyl groups excluding tert-OH is 2. The van der Waals surface area contributed by atoms with Gasteiger partial charge in [-0.2, -0.15) is 0 Å². The number of thiazole rings is 1. The summed E-state index contributed by atoms with van der Waals surface area (Å²) in [7, 11) is 0. The van der Waals surface area contributed by atoms with Gasteiger partial charge in [-0.25, -0.2) is 4.98 Å². The number of carbonyl (C=O) groups excluding carboxylic acids is 1. The Bertz CT molecular complexity index is 619. The van der Waals surface area contributed by atoms with Crippen LogP contribution in [0.15, 0.2) is 24.3 Å². The summed E-state index contributed by atoms with van der Waals surface area (Å²) in [6.45, 7) is 0. The van der Waals surface area contributed by atoms with Gasteiger partial charge in [-0.15, -0.1) is 11.3 Å². The Balaban J connectivity index is 1.67. The van der Waals surface area contributed by atoms with Crippen LogP contribution in [0.4, 0.5) is 0 Å². The summed E-state index contributed by atoms with van der Waals surface area (Å²) in [4.78, 5) is 16.4. The summed E-state index contributed by atoms with van der Waals surface area (Å²) in [6, 6.07) is 7.61. The molecule has 2 aromatic rings. The minimum absolute atomic E-state index is 0.110. The van der Waals surface area contributed by atoms with Gasteiger partial charge in [0.05, 0.1) is 10.2 Å². The highest BCUT2D eigenvalue weighted by Gasteiger charge is 2.30. The van der Waals surface area contributed by atoms with Gasteiger partial charge in [0, 0.05) is 6.04 Å². The highest BCUT2D eigenvalue weighted by atomic mass is 32.1. The van der Waals surface area contributed by atoms with Gasteiger partial charge in [-0.3, -0.25) is 4.79 Å². The van der Waals surface area contributed by atoms with Crippen LogP contribution in [0.2, 0.25) is 0 Å². The van der Waals surface area contributed by atoms with Crippen LogP contribution in [-0.4, -0.2) is 33.3 Å². The van der Waals surface area contributed by atoms with Crippen molar-refractivity contribution in [2.75, 3.05) is 0 Å². The van der Waals surface area contributed by atoms with Gasteiger partial charge in [-0.1, -0.05) is 31.4 Å². The molecule has 5 nitrogen and oxygen atoms in total. The molecule has 1 aliphatic carbocycles. The van der Waals surface area contributed by atoms with E-state index in [0.717, 1.165) is 35.9 Å². The lowest BCUT2D eigenvalue weighted by atomic mass is 9.95. The number of carbonyl (C=O) groups is 1. The molecule has 3 N–H and O–H groups in total. The Kier molecular flexibility index (Phi) is 4.71.